The standard InChI is InChI=1S/C14H23Cl3N2S5/c1-3-5-8-19(9-6-4-2)12(21)24-23-11(20)13(14(15,16)17)18-7-10-22-13/h18H,3-10H2,1-2H3. The van der Waals surface area contributed by atoms with Gasteiger partial charge in [-0.3, -0.25) is 5.32 Å². The second-order valence-electron chi connectivity index (χ2n) is 5.37. The lowest BCUT2D eigenvalue weighted by Crippen LogP contribution is -2.53. The van der Waals surface area contributed by atoms with Gasteiger partial charge in [0.25, 0.3) is 0 Å². The van der Waals surface area contributed by atoms with Crippen LogP contribution in [0, 0.1) is 0 Å². The van der Waals surface area contributed by atoms with E-state index in [2.05, 4.69) is 24.1 Å². The summed E-state index contributed by atoms with van der Waals surface area (Å²) in [4.78, 5) is 1.43. The molecule has 10 heteroatoms. The van der Waals surface area contributed by atoms with Crippen LogP contribution >= 0.6 is 92.6 Å². The molecule has 1 fully saturated rings. The Kier molecular flexibility index (Phi) is 11.6. The van der Waals surface area contributed by atoms with Crippen molar-refractivity contribution in [3.05, 3.63) is 0 Å². The average molecular weight is 486 g/mol. The van der Waals surface area contributed by atoms with E-state index in [0.717, 1.165) is 55.4 Å². The van der Waals surface area contributed by atoms with Crippen LogP contribution in [0.4, 0.5) is 0 Å². The molecule has 24 heavy (non-hydrogen) atoms. The number of nitrogens with one attached hydrogen (secondary N) is 1. The van der Waals surface area contributed by atoms with Crippen LogP contribution < -0.4 is 5.32 Å². The minimum Gasteiger partial charge on any atom is -0.357 e. The SMILES string of the molecule is CCCCN(CCCC)C(=S)SSC(=S)C1(C(Cl)(Cl)Cl)NCCS1. The number of thioether (sulfide) groups is 1. The third-order valence-corrected chi connectivity index (χ3v) is 10.3. The molecule has 0 bridgehead atoms. The minimum absolute atomic E-state index is 0.628. The van der Waals surface area contributed by atoms with Crippen molar-refractivity contribution >= 4 is 101 Å². The summed E-state index contributed by atoms with van der Waals surface area (Å²) in [5, 5.41) is 3.27. The Morgan fingerprint density at radius 1 is 1.17 bits per heavy atom. The molecular weight excluding hydrogens is 463 g/mol. The molecule has 0 radical (unpaired) electrons. The second kappa shape index (κ2) is 11.6. The Hall–Kier alpha value is 1.86. The van der Waals surface area contributed by atoms with Crippen molar-refractivity contribution in [3.63, 3.8) is 0 Å². The van der Waals surface area contributed by atoms with E-state index in [1.807, 2.05) is 0 Å². The van der Waals surface area contributed by atoms with Crippen molar-refractivity contribution in [2.75, 3.05) is 25.4 Å². The predicted molar refractivity (Wildman–Crippen MR) is 125 cm³/mol. The lowest BCUT2D eigenvalue weighted by atomic mass is 10.3. The highest BCUT2D eigenvalue weighted by atomic mass is 35.6. The molecule has 1 aliphatic heterocycles. The van der Waals surface area contributed by atoms with Gasteiger partial charge in [0.2, 0.25) is 3.79 Å². The first-order chi connectivity index (χ1) is 11.3. The Morgan fingerprint density at radius 3 is 2.17 bits per heavy atom. The Morgan fingerprint density at radius 2 is 1.75 bits per heavy atom. The summed E-state index contributed by atoms with van der Waals surface area (Å²) in [7, 11) is 2.93. The number of rotatable bonds is 7. The third-order valence-electron chi connectivity index (χ3n) is 3.49. The zero-order valence-electron chi connectivity index (χ0n) is 13.8. The molecule has 0 aliphatic carbocycles. The number of halogens is 3. The molecule has 1 unspecified atom stereocenters. The highest BCUT2D eigenvalue weighted by Gasteiger charge is 2.54. The summed E-state index contributed by atoms with van der Waals surface area (Å²) < 4.78 is -0.0140. The molecule has 1 N–H and O–H groups in total. The summed E-state index contributed by atoms with van der Waals surface area (Å²) in [5.41, 5.74) is 0. The van der Waals surface area contributed by atoms with E-state index in [1.54, 1.807) is 11.8 Å². The number of unbranched alkanes of at least 4 members (excludes halogenated alkanes) is 2. The highest BCUT2D eigenvalue weighted by Crippen LogP contribution is 2.51. The molecule has 0 aromatic heterocycles. The van der Waals surface area contributed by atoms with E-state index in [1.165, 1.54) is 21.6 Å². The molecule has 1 atom stereocenters. The van der Waals surface area contributed by atoms with Crippen LogP contribution in [0.15, 0.2) is 0 Å². The van der Waals surface area contributed by atoms with Crippen LogP contribution in [0.5, 0.6) is 0 Å². The molecule has 0 saturated carbocycles. The van der Waals surface area contributed by atoms with Gasteiger partial charge in [-0.2, -0.15) is 0 Å². The fourth-order valence-electron chi connectivity index (χ4n) is 2.09. The fraction of sp³-hybridized carbons (Fsp3) is 0.857. The maximum absolute atomic E-state index is 6.20. The van der Waals surface area contributed by atoms with E-state index < -0.39 is 8.66 Å². The zero-order valence-corrected chi connectivity index (χ0v) is 20.1. The van der Waals surface area contributed by atoms with Crippen molar-refractivity contribution in [3.8, 4) is 0 Å². The van der Waals surface area contributed by atoms with Crippen LogP contribution in [0.3, 0.4) is 0 Å². The normalized spacial score (nSPS) is 21.0. The maximum atomic E-state index is 6.20. The predicted octanol–water partition coefficient (Wildman–Crippen LogP) is 6.29. The summed E-state index contributed by atoms with van der Waals surface area (Å²) in [6, 6.07) is 0. The molecular formula is C14H23Cl3N2S5. The van der Waals surface area contributed by atoms with E-state index in [9.17, 15) is 0 Å². The number of hydrogen-bond acceptors (Lipinski definition) is 6. The van der Waals surface area contributed by atoms with Crippen molar-refractivity contribution in [2.24, 2.45) is 0 Å². The van der Waals surface area contributed by atoms with Gasteiger partial charge in [0.1, 0.15) is 4.32 Å². The fourth-order valence-corrected chi connectivity index (χ4v) is 7.96. The molecule has 140 valence electrons. The van der Waals surface area contributed by atoms with Crippen molar-refractivity contribution < 1.29 is 0 Å². The van der Waals surface area contributed by atoms with Crippen LogP contribution in [-0.2, 0) is 0 Å². The topological polar surface area (TPSA) is 15.3 Å². The van der Waals surface area contributed by atoms with E-state index in [-0.39, 0.29) is 0 Å². The Labute approximate surface area is 183 Å². The van der Waals surface area contributed by atoms with Gasteiger partial charge in [0.15, 0.2) is 4.87 Å². The van der Waals surface area contributed by atoms with Gasteiger partial charge in [0, 0.05) is 25.4 Å². The molecule has 1 saturated heterocycles. The molecule has 1 rings (SSSR count). The van der Waals surface area contributed by atoms with Crippen LogP contribution in [0.2, 0.25) is 0 Å². The molecule has 1 heterocycles. The average Bonchev–Trinajstić information content (AvgIpc) is 3.03. The first-order valence-corrected chi connectivity index (χ1v) is 13.0. The van der Waals surface area contributed by atoms with Crippen LogP contribution in [-0.4, -0.2) is 47.5 Å². The smallest absolute Gasteiger partial charge is 0.223 e. The van der Waals surface area contributed by atoms with Crippen molar-refractivity contribution in [2.45, 2.75) is 48.2 Å². The molecule has 2 nitrogen and oxygen atoms in total. The van der Waals surface area contributed by atoms with Crippen molar-refractivity contribution in [1.29, 1.82) is 0 Å². The van der Waals surface area contributed by atoms with Crippen LogP contribution in [0.1, 0.15) is 39.5 Å². The van der Waals surface area contributed by atoms with Gasteiger partial charge in [-0.25, -0.2) is 0 Å². The first-order valence-electron chi connectivity index (χ1n) is 7.92. The quantitative estimate of drug-likeness (QED) is 0.256. The van der Waals surface area contributed by atoms with Gasteiger partial charge >= 0.3 is 0 Å². The minimum atomic E-state index is -1.50. The molecule has 0 aromatic rings. The molecule has 0 spiro atoms. The summed E-state index contributed by atoms with van der Waals surface area (Å²) in [5.74, 6) is 0.864. The van der Waals surface area contributed by atoms with Crippen molar-refractivity contribution in [1.82, 2.24) is 10.2 Å². The lowest BCUT2D eigenvalue weighted by Gasteiger charge is -2.35. The van der Waals surface area contributed by atoms with Gasteiger partial charge in [-0.1, -0.05) is 85.9 Å². The Bertz CT molecular complexity index is 417. The third kappa shape index (κ3) is 6.79. The molecule has 0 amide bonds. The summed E-state index contributed by atoms with van der Waals surface area (Å²) >= 11 is 31.3. The Balaban J connectivity index is 2.64. The van der Waals surface area contributed by atoms with Gasteiger partial charge in [-0.05, 0) is 34.4 Å². The summed E-state index contributed by atoms with van der Waals surface area (Å²) in [6.07, 6.45) is 4.57. The lowest BCUT2D eigenvalue weighted by molar-refractivity contribution is 0.411. The zero-order chi connectivity index (χ0) is 18.2. The van der Waals surface area contributed by atoms with Crippen LogP contribution in [0.25, 0.3) is 0 Å². The monoisotopic (exact) mass is 484 g/mol. The second-order valence-corrected chi connectivity index (χ2v) is 12.4. The van der Waals surface area contributed by atoms with E-state index >= 15 is 0 Å². The summed E-state index contributed by atoms with van der Waals surface area (Å²) in [6.45, 7) is 7.11. The largest absolute Gasteiger partial charge is 0.357 e. The first kappa shape index (κ1) is 23.9. The number of nitrogens with zero attached hydrogens (tertiary/aromatic N) is 1. The van der Waals surface area contributed by atoms with E-state index in [4.69, 9.17) is 59.2 Å². The molecule has 1 aliphatic rings. The van der Waals surface area contributed by atoms with E-state index in [0.29, 0.717) is 4.20 Å². The van der Waals surface area contributed by atoms with Gasteiger partial charge in [0.05, 0.1) is 4.20 Å². The molecule has 0 aromatic carbocycles. The highest BCUT2D eigenvalue weighted by molar-refractivity contribution is 8.89. The number of alkyl halides is 3. The maximum Gasteiger partial charge on any atom is 0.223 e. The number of hydrogen-bond donors (Lipinski definition) is 1. The van der Waals surface area contributed by atoms with Gasteiger partial charge in [-0.15, -0.1) is 11.8 Å². The van der Waals surface area contributed by atoms with Gasteiger partial charge < -0.3 is 4.90 Å². The number of thiocarbonyl (C=S) groups is 2.